The summed E-state index contributed by atoms with van der Waals surface area (Å²) in [6.07, 6.45) is 2.88. The van der Waals surface area contributed by atoms with E-state index in [4.69, 9.17) is 10.5 Å². The third kappa shape index (κ3) is 4.16. The standard InChI is InChI=1S/C17H23N5O2/c1-11(2)9-24-17(23)19-7-5-6-13-8-22(12(3)4)16-14(13)15(18)20-10-21-16/h8,10-12H,7,9H2,1-4H3,(H,19,23)(H2,18,20,21). The number of fused-ring (bicyclic) bond motifs is 1. The number of carbonyl (C=O) groups is 1. The molecular weight excluding hydrogens is 306 g/mol. The van der Waals surface area contributed by atoms with Crippen molar-refractivity contribution in [2.45, 2.75) is 33.7 Å². The zero-order valence-electron chi connectivity index (χ0n) is 14.5. The first kappa shape index (κ1) is 17.6. The highest BCUT2D eigenvalue weighted by Crippen LogP contribution is 2.25. The van der Waals surface area contributed by atoms with Crippen molar-refractivity contribution in [3.8, 4) is 11.8 Å². The van der Waals surface area contributed by atoms with Gasteiger partial charge in [-0.2, -0.15) is 0 Å². The lowest BCUT2D eigenvalue weighted by Gasteiger charge is -2.07. The Hall–Kier alpha value is -2.75. The molecular formula is C17H23N5O2. The van der Waals surface area contributed by atoms with Gasteiger partial charge in [-0.3, -0.25) is 0 Å². The van der Waals surface area contributed by atoms with Crippen LogP contribution in [-0.4, -0.2) is 33.8 Å². The van der Waals surface area contributed by atoms with Crippen LogP contribution in [-0.2, 0) is 4.74 Å². The molecule has 0 bridgehead atoms. The number of nitrogens with two attached hydrogens (primary N) is 1. The highest BCUT2D eigenvalue weighted by Gasteiger charge is 2.13. The van der Waals surface area contributed by atoms with Crippen LogP contribution in [0.5, 0.6) is 0 Å². The quantitative estimate of drug-likeness (QED) is 0.839. The first-order valence-electron chi connectivity index (χ1n) is 7.90. The van der Waals surface area contributed by atoms with E-state index in [1.54, 1.807) is 0 Å². The molecule has 2 aromatic rings. The Kier molecular flexibility index (Phi) is 5.64. The van der Waals surface area contributed by atoms with Crippen molar-refractivity contribution in [2.24, 2.45) is 5.92 Å². The number of anilines is 1. The third-order valence-corrected chi connectivity index (χ3v) is 3.29. The number of carbonyl (C=O) groups excluding carboxylic acids is 1. The SMILES string of the molecule is CC(C)COC(=O)NCC#Cc1cn(C(C)C)c2ncnc(N)c12. The van der Waals surface area contributed by atoms with Gasteiger partial charge in [-0.15, -0.1) is 0 Å². The average Bonchev–Trinajstić information content (AvgIpc) is 2.90. The topological polar surface area (TPSA) is 95.1 Å². The van der Waals surface area contributed by atoms with Crippen molar-refractivity contribution >= 4 is 22.9 Å². The maximum atomic E-state index is 11.5. The summed E-state index contributed by atoms with van der Waals surface area (Å²) in [5, 5.41) is 3.33. The smallest absolute Gasteiger partial charge is 0.407 e. The second-order valence-electron chi connectivity index (χ2n) is 6.15. The van der Waals surface area contributed by atoms with Crippen LogP contribution in [0.1, 0.15) is 39.3 Å². The first-order chi connectivity index (χ1) is 11.4. The van der Waals surface area contributed by atoms with Gasteiger partial charge in [0.25, 0.3) is 0 Å². The van der Waals surface area contributed by atoms with Gasteiger partial charge >= 0.3 is 6.09 Å². The van der Waals surface area contributed by atoms with E-state index in [1.807, 2.05) is 24.6 Å². The van der Waals surface area contributed by atoms with Crippen molar-refractivity contribution in [1.82, 2.24) is 19.9 Å². The van der Waals surface area contributed by atoms with Crippen LogP contribution in [0.25, 0.3) is 11.0 Å². The predicted molar refractivity (Wildman–Crippen MR) is 93.4 cm³/mol. The molecule has 128 valence electrons. The maximum absolute atomic E-state index is 11.5. The molecule has 7 nitrogen and oxygen atoms in total. The molecule has 3 N–H and O–H groups in total. The molecule has 0 radical (unpaired) electrons. The highest BCUT2D eigenvalue weighted by atomic mass is 16.5. The van der Waals surface area contributed by atoms with Crippen molar-refractivity contribution in [3.05, 3.63) is 18.1 Å². The maximum Gasteiger partial charge on any atom is 0.407 e. The Morgan fingerprint density at radius 3 is 2.79 bits per heavy atom. The number of rotatable bonds is 4. The molecule has 0 aromatic carbocycles. The van der Waals surface area contributed by atoms with Crippen molar-refractivity contribution in [1.29, 1.82) is 0 Å². The molecule has 2 heterocycles. The van der Waals surface area contributed by atoms with E-state index in [-0.39, 0.29) is 12.6 Å². The van der Waals surface area contributed by atoms with Crippen LogP contribution in [0.2, 0.25) is 0 Å². The summed E-state index contributed by atoms with van der Waals surface area (Å²) in [7, 11) is 0. The fourth-order valence-corrected chi connectivity index (χ4v) is 2.15. The van der Waals surface area contributed by atoms with Crippen molar-refractivity contribution < 1.29 is 9.53 Å². The van der Waals surface area contributed by atoms with Crippen LogP contribution < -0.4 is 11.1 Å². The molecule has 24 heavy (non-hydrogen) atoms. The summed E-state index contributed by atoms with van der Waals surface area (Å²) in [4.78, 5) is 19.8. The fourth-order valence-electron chi connectivity index (χ4n) is 2.15. The number of alkyl carbamates (subject to hydrolysis) is 1. The Labute approximate surface area is 141 Å². The number of hydrogen-bond donors (Lipinski definition) is 2. The molecule has 0 fully saturated rings. The van der Waals surface area contributed by atoms with Gasteiger partial charge in [-0.1, -0.05) is 25.7 Å². The molecule has 2 aromatic heterocycles. The number of hydrogen-bond acceptors (Lipinski definition) is 5. The summed E-state index contributed by atoms with van der Waals surface area (Å²) in [5.41, 5.74) is 7.47. The van der Waals surface area contributed by atoms with Gasteiger partial charge < -0.3 is 20.4 Å². The Balaban J connectivity index is 2.12. The minimum atomic E-state index is -0.467. The van der Waals surface area contributed by atoms with E-state index in [2.05, 4.69) is 41.0 Å². The van der Waals surface area contributed by atoms with E-state index >= 15 is 0 Å². The molecule has 1 amide bonds. The van der Waals surface area contributed by atoms with Crippen LogP contribution in [0.4, 0.5) is 10.6 Å². The van der Waals surface area contributed by atoms with Gasteiger partial charge in [-0.05, 0) is 19.8 Å². The normalized spacial score (nSPS) is 10.8. The van der Waals surface area contributed by atoms with Crippen LogP contribution in [0.15, 0.2) is 12.5 Å². The summed E-state index contributed by atoms with van der Waals surface area (Å²) in [5.74, 6) is 6.62. The van der Waals surface area contributed by atoms with E-state index in [0.29, 0.717) is 18.3 Å². The first-order valence-corrected chi connectivity index (χ1v) is 7.90. The van der Waals surface area contributed by atoms with E-state index < -0.39 is 6.09 Å². The Morgan fingerprint density at radius 2 is 2.12 bits per heavy atom. The molecule has 0 saturated carbocycles. The zero-order chi connectivity index (χ0) is 17.7. The average molecular weight is 329 g/mol. The molecule has 0 spiro atoms. The molecule has 0 aliphatic heterocycles. The zero-order valence-corrected chi connectivity index (χ0v) is 14.5. The summed E-state index contributed by atoms with van der Waals surface area (Å²) < 4.78 is 7.02. The van der Waals surface area contributed by atoms with E-state index in [9.17, 15) is 4.79 Å². The van der Waals surface area contributed by atoms with Gasteiger partial charge in [0.15, 0.2) is 0 Å². The van der Waals surface area contributed by atoms with Crippen molar-refractivity contribution in [2.75, 3.05) is 18.9 Å². The number of nitrogens with one attached hydrogen (secondary N) is 1. The number of nitrogens with zero attached hydrogens (tertiary/aromatic N) is 3. The molecule has 0 aliphatic rings. The Bertz CT molecular complexity index is 783. The third-order valence-electron chi connectivity index (χ3n) is 3.29. The lowest BCUT2D eigenvalue weighted by molar-refractivity contribution is 0.134. The molecule has 0 unspecified atom stereocenters. The predicted octanol–water partition coefficient (Wildman–Crippen LogP) is 2.33. The van der Waals surface area contributed by atoms with Gasteiger partial charge in [0.1, 0.15) is 17.8 Å². The minimum Gasteiger partial charge on any atom is -0.449 e. The Morgan fingerprint density at radius 1 is 1.38 bits per heavy atom. The molecule has 2 rings (SSSR count). The summed E-state index contributed by atoms with van der Waals surface area (Å²) in [6, 6.07) is 0.224. The number of ether oxygens (including phenoxy) is 1. The van der Waals surface area contributed by atoms with Gasteiger partial charge in [0, 0.05) is 12.2 Å². The largest absolute Gasteiger partial charge is 0.449 e. The lowest BCUT2D eigenvalue weighted by Crippen LogP contribution is -2.25. The van der Waals surface area contributed by atoms with Gasteiger partial charge in [0.2, 0.25) is 0 Å². The van der Waals surface area contributed by atoms with E-state index in [1.165, 1.54) is 6.33 Å². The number of aromatic nitrogens is 3. The number of amides is 1. The minimum absolute atomic E-state index is 0.193. The second-order valence-corrected chi connectivity index (χ2v) is 6.15. The van der Waals surface area contributed by atoms with Crippen LogP contribution >= 0.6 is 0 Å². The van der Waals surface area contributed by atoms with E-state index in [0.717, 1.165) is 16.6 Å². The van der Waals surface area contributed by atoms with Crippen LogP contribution in [0, 0.1) is 17.8 Å². The highest BCUT2D eigenvalue weighted by molar-refractivity contribution is 5.92. The van der Waals surface area contributed by atoms with Crippen LogP contribution in [0.3, 0.4) is 0 Å². The van der Waals surface area contributed by atoms with Gasteiger partial charge in [0.05, 0.1) is 24.1 Å². The monoisotopic (exact) mass is 329 g/mol. The molecule has 0 saturated heterocycles. The lowest BCUT2D eigenvalue weighted by atomic mass is 10.2. The number of nitrogen functional groups attached to an aromatic ring is 1. The summed E-state index contributed by atoms with van der Waals surface area (Å²) >= 11 is 0. The van der Waals surface area contributed by atoms with Gasteiger partial charge in [-0.25, -0.2) is 14.8 Å². The van der Waals surface area contributed by atoms with Crippen molar-refractivity contribution in [3.63, 3.8) is 0 Å². The molecule has 7 heteroatoms. The second kappa shape index (κ2) is 7.68. The molecule has 0 aliphatic carbocycles. The fraction of sp³-hybridized carbons (Fsp3) is 0.471. The summed E-state index contributed by atoms with van der Waals surface area (Å²) in [6.45, 7) is 8.64. The molecule has 0 atom stereocenters.